The SMILES string of the molecule is CN1CCN(NC2=NCCN2C)CC1. The van der Waals surface area contributed by atoms with Crippen molar-refractivity contribution in [2.24, 2.45) is 4.99 Å². The molecule has 5 heteroatoms. The van der Waals surface area contributed by atoms with E-state index in [1.807, 2.05) is 0 Å². The molecular weight excluding hydrogens is 178 g/mol. The summed E-state index contributed by atoms with van der Waals surface area (Å²) in [4.78, 5) is 8.92. The molecule has 0 atom stereocenters. The molecule has 80 valence electrons. The molecule has 1 saturated heterocycles. The summed E-state index contributed by atoms with van der Waals surface area (Å²) >= 11 is 0. The van der Waals surface area contributed by atoms with Gasteiger partial charge in [0, 0.05) is 39.8 Å². The Bertz CT molecular complexity index is 219. The van der Waals surface area contributed by atoms with Crippen LogP contribution in [0.25, 0.3) is 0 Å². The lowest BCUT2D eigenvalue weighted by molar-refractivity contribution is 0.126. The van der Waals surface area contributed by atoms with Gasteiger partial charge in [0.25, 0.3) is 0 Å². The molecule has 0 saturated carbocycles. The van der Waals surface area contributed by atoms with Crippen molar-refractivity contribution >= 4 is 5.96 Å². The van der Waals surface area contributed by atoms with Crippen LogP contribution < -0.4 is 5.43 Å². The number of piperazine rings is 1. The van der Waals surface area contributed by atoms with E-state index < -0.39 is 0 Å². The molecule has 5 nitrogen and oxygen atoms in total. The zero-order valence-electron chi connectivity index (χ0n) is 9.03. The molecule has 0 radical (unpaired) electrons. The summed E-state index contributed by atoms with van der Waals surface area (Å²) in [5.74, 6) is 1.02. The monoisotopic (exact) mass is 197 g/mol. The fourth-order valence-corrected chi connectivity index (χ4v) is 1.71. The van der Waals surface area contributed by atoms with Crippen LogP contribution >= 0.6 is 0 Å². The summed E-state index contributed by atoms with van der Waals surface area (Å²) in [6.07, 6.45) is 0. The van der Waals surface area contributed by atoms with Crippen LogP contribution in [0.5, 0.6) is 0 Å². The van der Waals surface area contributed by atoms with Crippen molar-refractivity contribution in [3.63, 3.8) is 0 Å². The average molecular weight is 197 g/mol. The molecule has 1 fully saturated rings. The zero-order valence-corrected chi connectivity index (χ0v) is 9.03. The van der Waals surface area contributed by atoms with Gasteiger partial charge in [-0.3, -0.25) is 10.4 Å². The van der Waals surface area contributed by atoms with Gasteiger partial charge < -0.3 is 9.80 Å². The van der Waals surface area contributed by atoms with Crippen molar-refractivity contribution in [3.05, 3.63) is 0 Å². The van der Waals surface area contributed by atoms with E-state index in [9.17, 15) is 0 Å². The number of hydrogen-bond donors (Lipinski definition) is 1. The molecule has 1 N–H and O–H groups in total. The highest BCUT2D eigenvalue weighted by molar-refractivity contribution is 5.80. The lowest BCUT2D eigenvalue weighted by Gasteiger charge is -2.33. The van der Waals surface area contributed by atoms with E-state index in [1.54, 1.807) is 0 Å². The van der Waals surface area contributed by atoms with Gasteiger partial charge in [-0.25, -0.2) is 5.01 Å². The predicted molar refractivity (Wildman–Crippen MR) is 57.1 cm³/mol. The molecule has 0 bridgehead atoms. The molecule has 2 aliphatic heterocycles. The lowest BCUT2D eigenvalue weighted by Crippen LogP contribution is -2.54. The topological polar surface area (TPSA) is 34.1 Å². The van der Waals surface area contributed by atoms with Crippen LogP contribution in [0.4, 0.5) is 0 Å². The van der Waals surface area contributed by atoms with E-state index in [0.717, 1.165) is 45.2 Å². The van der Waals surface area contributed by atoms with Gasteiger partial charge in [0.2, 0.25) is 5.96 Å². The van der Waals surface area contributed by atoms with Gasteiger partial charge in [0.05, 0.1) is 6.54 Å². The second kappa shape index (κ2) is 4.14. The van der Waals surface area contributed by atoms with Crippen LogP contribution in [0, 0.1) is 0 Å². The van der Waals surface area contributed by atoms with Crippen molar-refractivity contribution in [1.82, 2.24) is 20.2 Å². The molecule has 0 aromatic carbocycles. The molecule has 0 aromatic rings. The van der Waals surface area contributed by atoms with Crippen LogP contribution in [0.1, 0.15) is 0 Å². The molecular formula is C9H19N5. The van der Waals surface area contributed by atoms with E-state index >= 15 is 0 Å². The first-order valence-electron chi connectivity index (χ1n) is 5.21. The number of nitrogens with zero attached hydrogens (tertiary/aromatic N) is 4. The Morgan fingerprint density at radius 2 is 1.79 bits per heavy atom. The van der Waals surface area contributed by atoms with Crippen LogP contribution in [-0.4, -0.2) is 74.1 Å². The summed E-state index contributed by atoms with van der Waals surface area (Å²) in [7, 11) is 4.24. The average Bonchev–Trinajstić information content (AvgIpc) is 2.56. The molecule has 0 amide bonds. The number of hydrazine groups is 1. The highest BCUT2D eigenvalue weighted by Gasteiger charge is 2.18. The van der Waals surface area contributed by atoms with E-state index in [4.69, 9.17) is 0 Å². The van der Waals surface area contributed by atoms with Crippen LogP contribution in [0.15, 0.2) is 4.99 Å². The molecule has 0 aromatic heterocycles. The molecule has 2 rings (SSSR count). The summed E-state index contributed by atoms with van der Waals surface area (Å²) in [5, 5.41) is 2.25. The van der Waals surface area contributed by atoms with Crippen LogP contribution in [0.2, 0.25) is 0 Å². The van der Waals surface area contributed by atoms with Gasteiger partial charge in [0.1, 0.15) is 0 Å². The highest BCUT2D eigenvalue weighted by Crippen LogP contribution is 1.99. The minimum Gasteiger partial charge on any atom is -0.343 e. The third-order valence-corrected chi connectivity index (χ3v) is 2.82. The number of likely N-dealkylation sites (N-methyl/N-ethyl adjacent to an activating group) is 2. The molecule has 2 aliphatic rings. The molecule has 0 aliphatic carbocycles. The van der Waals surface area contributed by atoms with Crippen molar-refractivity contribution in [3.8, 4) is 0 Å². The summed E-state index contributed by atoms with van der Waals surface area (Å²) < 4.78 is 0. The Balaban J connectivity index is 1.80. The van der Waals surface area contributed by atoms with Crippen LogP contribution in [0.3, 0.4) is 0 Å². The van der Waals surface area contributed by atoms with E-state index in [-0.39, 0.29) is 0 Å². The fourth-order valence-electron chi connectivity index (χ4n) is 1.71. The maximum absolute atomic E-state index is 4.41. The van der Waals surface area contributed by atoms with Crippen molar-refractivity contribution < 1.29 is 0 Å². The maximum atomic E-state index is 4.41. The molecule has 14 heavy (non-hydrogen) atoms. The first kappa shape index (κ1) is 9.73. The first-order chi connectivity index (χ1) is 6.75. The Labute approximate surface area is 85.3 Å². The van der Waals surface area contributed by atoms with Gasteiger partial charge in [-0.2, -0.15) is 0 Å². The first-order valence-corrected chi connectivity index (χ1v) is 5.21. The highest BCUT2D eigenvalue weighted by atomic mass is 15.6. The maximum Gasteiger partial charge on any atom is 0.208 e. The Morgan fingerprint density at radius 3 is 2.36 bits per heavy atom. The minimum absolute atomic E-state index is 0.923. The Morgan fingerprint density at radius 1 is 1.07 bits per heavy atom. The second-order valence-electron chi connectivity index (χ2n) is 4.03. The second-order valence-corrected chi connectivity index (χ2v) is 4.03. The minimum atomic E-state index is 0.923. The Kier molecular flexibility index (Phi) is 2.88. The standard InChI is InChI=1S/C9H19N5/c1-12-5-7-14(8-6-12)11-9-10-3-4-13(9)2/h3-8H2,1-2H3,(H,10,11). The summed E-state index contributed by atoms with van der Waals surface area (Å²) in [5.41, 5.74) is 3.37. The Hall–Kier alpha value is -0.810. The summed E-state index contributed by atoms with van der Waals surface area (Å²) in [6.45, 7) is 6.36. The van der Waals surface area contributed by atoms with E-state index in [0.29, 0.717) is 0 Å². The third-order valence-electron chi connectivity index (χ3n) is 2.82. The number of guanidine groups is 1. The zero-order chi connectivity index (χ0) is 9.97. The van der Waals surface area contributed by atoms with Gasteiger partial charge in [-0.05, 0) is 7.05 Å². The van der Waals surface area contributed by atoms with E-state index in [2.05, 4.69) is 39.3 Å². The van der Waals surface area contributed by atoms with Gasteiger partial charge in [-0.15, -0.1) is 0 Å². The normalized spacial score (nSPS) is 25.3. The number of hydrogen-bond acceptors (Lipinski definition) is 5. The smallest absolute Gasteiger partial charge is 0.208 e. The van der Waals surface area contributed by atoms with Crippen molar-refractivity contribution in [2.75, 3.05) is 53.4 Å². The molecule has 2 heterocycles. The fraction of sp³-hybridized carbons (Fsp3) is 0.889. The molecule has 0 unspecified atom stereocenters. The van der Waals surface area contributed by atoms with Crippen LogP contribution in [-0.2, 0) is 0 Å². The van der Waals surface area contributed by atoms with Gasteiger partial charge in [-0.1, -0.05) is 0 Å². The van der Waals surface area contributed by atoms with Crippen molar-refractivity contribution in [1.29, 1.82) is 0 Å². The number of nitrogens with one attached hydrogen (secondary N) is 1. The van der Waals surface area contributed by atoms with Gasteiger partial charge in [0.15, 0.2) is 0 Å². The van der Waals surface area contributed by atoms with Gasteiger partial charge >= 0.3 is 0 Å². The summed E-state index contributed by atoms with van der Waals surface area (Å²) in [6, 6.07) is 0. The predicted octanol–water partition coefficient (Wildman–Crippen LogP) is -0.960. The van der Waals surface area contributed by atoms with Crippen molar-refractivity contribution in [2.45, 2.75) is 0 Å². The number of rotatable bonds is 1. The third kappa shape index (κ3) is 2.16. The lowest BCUT2D eigenvalue weighted by atomic mass is 10.4. The quantitative estimate of drug-likeness (QED) is 0.587. The largest absolute Gasteiger partial charge is 0.343 e. The number of aliphatic imine (C=N–C) groups is 1. The van der Waals surface area contributed by atoms with E-state index in [1.165, 1.54) is 0 Å². The molecule has 0 spiro atoms.